The number of aliphatic hydroxyl groups excluding tert-OH is 1. The van der Waals surface area contributed by atoms with Gasteiger partial charge in [0.2, 0.25) is 0 Å². The summed E-state index contributed by atoms with van der Waals surface area (Å²) in [4.78, 5) is 4.50. The third-order valence-corrected chi connectivity index (χ3v) is 3.34. The van der Waals surface area contributed by atoms with Gasteiger partial charge in [-0.25, -0.2) is 4.98 Å². The Labute approximate surface area is 105 Å². The van der Waals surface area contributed by atoms with Crippen LogP contribution in [0.4, 0.5) is 0 Å². The number of halogens is 1. The third-order valence-electron chi connectivity index (χ3n) is 3.10. The minimum absolute atomic E-state index is 0.434. The first-order chi connectivity index (χ1) is 8.24. The maximum Gasteiger partial charge on any atom is 0.138 e. The Morgan fingerprint density at radius 3 is 3.06 bits per heavy atom. The molecule has 0 bridgehead atoms. The molecule has 0 spiro atoms. The van der Waals surface area contributed by atoms with Crippen LogP contribution in [-0.2, 0) is 6.54 Å². The van der Waals surface area contributed by atoms with Crippen molar-refractivity contribution in [1.82, 2.24) is 9.55 Å². The van der Waals surface area contributed by atoms with Crippen LogP contribution in [0.25, 0.3) is 11.3 Å². The highest BCUT2D eigenvalue weighted by molar-refractivity contribution is 6.30. The van der Waals surface area contributed by atoms with E-state index in [9.17, 15) is 5.11 Å². The second-order valence-electron chi connectivity index (χ2n) is 4.35. The number of nitrogens with zero attached hydrogens (tertiary/aromatic N) is 2. The van der Waals surface area contributed by atoms with Crippen molar-refractivity contribution in [2.24, 2.45) is 0 Å². The number of hydrogen-bond acceptors (Lipinski definition) is 2. The first-order valence-electron chi connectivity index (χ1n) is 5.75. The third kappa shape index (κ3) is 1.96. The monoisotopic (exact) mass is 248 g/mol. The first-order valence-corrected chi connectivity index (χ1v) is 6.13. The highest BCUT2D eigenvalue weighted by Crippen LogP contribution is 2.28. The summed E-state index contributed by atoms with van der Waals surface area (Å²) < 4.78 is 2.03. The molecule has 1 aromatic carbocycles. The van der Waals surface area contributed by atoms with E-state index >= 15 is 0 Å². The molecule has 0 aliphatic carbocycles. The Hall–Kier alpha value is -1.32. The van der Waals surface area contributed by atoms with E-state index in [-0.39, 0.29) is 0 Å². The molecule has 2 aromatic rings. The number of hydrogen-bond donors (Lipinski definition) is 1. The van der Waals surface area contributed by atoms with Crippen LogP contribution in [0, 0.1) is 0 Å². The first kappa shape index (κ1) is 10.8. The maximum absolute atomic E-state index is 9.87. The van der Waals surface area contributed by atoms with Gasteiger partial charge in [0, 0.05) is 23.3 Å². The second kappa shape index (κ2) is 4.17. The van der Waals surface area contributed by atoms with Gasteiger partial charge in [0.25, 0.3) is 0 Å². The van der Waals surface area contributed by atoms with E-state index in [0.29, 0.717) is 5.02 Å². The molecule has 2 heterocycles. The van der Waals surface area contributed by atoms with E-state index in [1.54, 1.807) is 0 Å². The van der Waals surface area contributed by atoms with Crippen LogP contribution in [-0.4, -0.2) is 14.7 Å². The molecule has 0 radical (unpaired) electrons. The second-order valence-corrected chi connectivity index (χ2v) is 4.78. The normalized spacial score (nSPS) is 19.1. The summed E-state index contributed by atoms with van der Waals surface area (Å²) in [7, 11) is 0. The lowest BCUT2D eigenvalue weighted by molar-refractivity contribution is 0.134. The zero-order valence-electron chi connectivity index (χ0n) is 9.31. The van der Waals surface area contributed by atoms with Gasteiger partial charge in [0.05, 0.1) is 5.69 Å². The molecule has 3 nitrogen and oxygen atoms in total. The number of aryl methyl sites for hydroxylation is 1. The number of aliphatic hydroxyl groups is 1. The molecule has 0 fully saturated rings. The maximum atomic E-state index is 9.87. The Balaban J connectivity index is 2.05. The smallest absolute Gasteiger partial charge is 0.138 e. The van der Waals surface area contributed by atoms with Crippen LogP contribution in [0.1, 0.15) is 24.8 Å². The minimum Gasteiger partial charge on any atom is -0.385 e. The van der Waals surface area contributed by atoms with Gasteiger partial charge in [-0.05, 0) is 25.0 Å². The van der Waals surface area contributed by atoms with Crippen LogP contribution in [0.15, 0.2) is 30.5 Å². The van der Waals surface area contributed by atoms with Crippen molar-refractivity contribution in [2.45, 2.75) is 25.5 Å². The summed E-state index contributed by atoms with van der Waals surface area (Å²) in [6, 6.07) is 7.62. The molecule has 1 unspecified atom stereocenters. The van der Waals surface area contributed by atoms with Gasteiger partial charge < -0.3 is 9.67 Å². The molecule has 4 heteroatoms. The van der Waals surface area contributed by atoms with E-state index in [0.717, 1.165) is 36.5 Å². The van der Waals surface area contributed by atoms with E-state index < -0.39 is 6.10 Å². The number of benzene rings is 1. The molecule has 0 saturated carbocycles. The summed E-state index contributed by atoms with van der Waals surface area (Å²) in [5.41, 5.74) is 1.87. The Kier molecular flexibility index (Phi) is 2.65. The number of rotatable bonds is 1. The summed E-state index contributed by atoms with van der Waals surface area (Å²) in [6.07, 6.45) is 3.35. The Morgan fingerprint density at radius 1 is 1.41 bits per heavy atom. The lowest BCUT2D eigenvalue weighted by Crippen LogP contribution is -2.14. The average Bonchev–Trinajstić information content (AvgIpc) is 2.74. The number of fused-ring (bicyclic) bond motifs is 1. The fourth-order valence-corrected chi connectivity index (χ4v) is 2.44. The van der Waals surface area contributed by atoms with Crippen molar-refractivity contribution in [3.63, 3.8) is 0 Å². The molecule has 1 N–H and O–H groups in total. The van der Waals surface area contributed by atoms with Crippen molar-refractivity contribution in [3.05, 3.63) is 41.3 Å². The van der Waals surface area contributed by atoms with Crippen molar-refractivity contribution in [3.8, 4) is 11.3 Å². The van der Waals surface area contributed by atoms with Crippen molar-refractivity contribution < 1.29 is 5.11 Å². The summed E-state index contributed by atoms with van der Waals surface area (Å²) in [6.45, 7) is 0.931. The van der Waals surface area contributed by atoms with Gasteiger partial charge in [0.1, 0.15) is 11.9 Å². The van der Waals surface area contributed by atoms with Crippen LogP contribution < -0.4 is 0 Å². The molecule has 1 aliphatic rings. The van der Waals surface area contributed by atoms with E-state index in [1.807, 2.05) is 35.0 Å². The van der Waals surface area contributed by atoms with Crippen LogP contribution in [0.3, 0.4) is 0 Å². The predicted octanol–water partition coefficient (Wildman–Crippen LogP) is 3.03. The number of aromatic nitrogens is 2. The predicted molar refractivity (Wildman–Crippen MR) is 66.9 cm³/mol. The van der Waals surface area contributed by atoms with Gasteiger partial charge >= 0.3 is 0 Å². The fourth-order valence-electron chi connectivity index (χ4n) is 2.25. The molecule has 0 amide bonds. The van der Waals surface area contributed by atoms with Gasteiger partial charge in [-0.1, -0.05) is 23.7 Å². The van der Waals surface area contributed by atoms with Crippen molar-refractivity contribution in [2.75, 3.05) is 0 Å². The van der Waals surface area contributed by atoms with Crippen LogP contribution in [0.5, 0.6) is 0 Å². The lowest BCUT2D eigenvalue weighted by Gasteiger charge is -2.18. The molecule has 88 valence electrons. The quantitative estimate of drug-likeness (QED) is 0.842. The van der Waals surface area contributed by atoms with Crippen molar-refractivity contribution >= 4 is 11.6 Å². The molecule has 0 saturated heterocycles. The summed E-state index contributed by atoms with van der Waals surface area (Å²) >= 11 is 5.97. The minimum atomic E-state index is -0.434. The van der Waals surface area contributed by atoms with Gasteiger partial charge in [-0.2, -0.15) is 0 Å². The van der Waals surface area contributed by atoms with E-state index in [2.05, 4.69) is 4.98 Å². The topological polar surface area (TPSA) is 38.0 Å². The number of imidazole rings is 1. The molecule has 1 aliphatic heterocycles. The zero-order valence-corrected chi connectivity index (χ0v) is 10.1. The molecule has 1 atom stereocenters. The standard InChI is InChI=1S/C13H13ClN2O/c14-10-4-1-3-9(7-10)11-8-16-6-2-5-12(17)13(16)15-11/h1,3-4,7-8,12,17H,2,5-6H2. The van der Waals surface area contributed by atoms with Gasteiger partial charge in [0.15, 0.2) is 0 Å². The fraction of sp³-hybridized carbons (Fsp3) is 0.308. The molecular formula is C13H13ClN2O. The summed E-state index contributed by atoms with van der Waals surface area (Å²) in [5, 5.41) is 10.6. The average molecular weight is 249 g/mol. The Bertz CT molecular complexity index is 550. The SMILES string of the molecule is OC1CCCn2cc(-c3cccc(Cl)c3)nc21. The van der Waals surface area contributed by atoms with Crippen LogP contribution in [0.2, 0.25) is 5.02 Å². The van der Waals surface area contributed by atoms with Gasteiger partial charge in [-0.15, -0.1) is 0 Å². The van der Waals surface area contributed by atoms with Gasteiger partial charge in [-0.3, -0.25) is 0 Å². The zero-order chi connectivity index (χ0) is 11.8. The lowest BCUT2D eigenvalue weighted by atomic mass is 10.1. The highest BCUT2D eigenvalue weighted by atomic mass is 35.5. The van der Waals surface area contributed by atoms with E-state index in [4.69, 9.17) is 11.6 Å². The van der Waals surface area contributed by atoms with Crippen LogP contribution >= 0.6 is 11.6 Å². The molecular weight excluding hydrogens is 236 g/mol. The molecule has 17 heavy (non-hydrogen) atoms. The largest absolute Gasteiger partial charge is 0.385 e. The van der Waals surface area contributed by atoms with E-state index in [1.165, 1.54) is 0 Å². The van der Waals surface area contributed by atoms with Crippen molar-refractivity contribution in [1.29, 1.82) is 0 Å². The molecule has 1 aromatic heterocycles. The Morgan fingerprint density at radius 2 is 2.29 bits per heavy atom. The molecule has 3 rings (SSSR count). The highest BCUT2D eigenvalue weighted by Gasteiger charge is 2.21. The summed E-state index contributed by atoms with van der Waals surface area (Å²) in [5.74, 6) is 0.770.